The molecule has 146 valence electrons. The topological polar surface area (TPSA) is 62.8 Å². The van der Waals surface area contributed by atoms with E-state index in [2.05, 4.69) is 16.9 Å². The second-order valence-corrected chi connectivity index (χ2v) is 6.96. The summed E-state index contributed by atoms with van der Waals surface area (Å²) in [6.07, 6.45) is 3.38. The molecule has 0 aromatic heterocycles. The van der Waals surface area contributed by atoms with E-state index in [1.807, 2.05) is 24.3 Å². The maximum absolute atomic E-state index is 13.7. The monoisotopic (exact) mass is 383 g/mol. The van der Waals surface area contributed by atoms with E-state index >= 15 is 0 Å². The Bertz CT molecular complexity index is 907. The lowest BCUT2D eigenvalue weighted by Crippen LogP contribution is -2.48. The van der Waals surface area contributed by atoms with Crippen LogP contribution in [0.1, 0.15) is 18.4 Å². The van der Waals surface area contributed by atoms with Gasteiger partial charge in [0.25, 0.3) is 0 Å². The Morgan fingerprint density at radius 1 is 1.21 bits per heavy atom. The third kappa shape index (κ3) is 3.66. The number of methoxy groups -OCH3 is 1. The fourth-order valence-electron chi connectivity index (χ4n) is 3.50. The number of nitrogens with one attached hydrogen (secondary N) is 2. The molecule has 6 nitrogen and oxygen atoms in total. The minimum absolute atomic E-state index is 0.187. The van der Waals surface area contributed by atoms with Crippen molar-refractivity contribution in [2.75, 3.05) is 25.5 Å². The molecule has 2 heterocycles. The number of hydroxylamine groups is 1. The number of carbonyl (C=O) groups is 1. The number of hydrogen-bond donors (Lipinski definition) is 2. The number of para-hydroxylation sites is 1. The summed E-state index contributed by atoms with van der Waals surface area (Å²) in [4.78, 5) is 20.0. The Morgan fingerprint density at radius 2 is 2.00 bits per heavy atom. The molecule has 0 bridgehead atoms. The van der Waals surface area contributed by atoms with Crippen LogP contribution in [0.5, 0.6) is 5.75 Å². The molecule has 0 atom stereocenters. The van der Waals surface area contributed by atoms with Gasteiger partial charge in [0.05, 0.1) is 18.5 Å². The number of rotatable bonds is 3. The number of benzene rings is 2. The molecule has 2 aromatic carbocycles. The molecule has 0 radical (unpaired) electrons. The summed E-state index contributed by atoms with van der Waals surface area (Å²) in [7, 11) is 1.63. The Hall–Kier alpha value is -3.06. The van der Waals surface area contributed by atoms with Crippen LogP contribution in [-0.4, -0.2) is 36.7 Å². The van der Waals surface area contributed by atoms with Crippen LogP contribution in [0.2, 0.25) is 0 Å². The lowest BCUT2D eigenvalue weighted by molar-refractivity contribution is -0.0634. The van der Waals surface area contributed by atoms with Gasteiger partial charge in [-0.3, -0.25) is 10.3 Å². The van der Waals surface area contributed by atoms with Crippen molar-refractivity contribution in [1.29, 1.82) is 0 Å². The molecule has 7 heteroatoms. The molecule has 1 spiro atoms. The molecule has 2 aliphatic heterocycles. The first-order valence-electron chi connectivity index (χ1n) is 9.20. The van der Waals surface area contributed by atoms with Crippen molar-refractivity contribution in [2.24, 2.45) is 0 Å². The van der Waals surface area contributed by atoms with E-state index in [9.17, 15) is 9.18 Å². The van der Waals surface area contributed by atoms with Crippen molar-refractivity contribution in [2.45, 2.75) is 18.4 Å². The van der Waals surface area contributed by atoms with Crippen molar-refractivity contribution in [3.63, 3.8) is 0 Å². The summed E-state index contributed by atoms with van der Waals surface area (Å²) < 4.78 is 19.0. The highest BCUT2D eigenvalue weighted by Crippen LogP contribution is 2.35. The Kier molecular flexibility index (Phi) is 4.92. The summed E-state index contributed by atoms with van der Waals surface area (Å²) in [6.45, 7) is 1.04. The van der Waals surface area contributed by atoms with E-state index in [0.29, 0.717) is 25.9 Å². The first kappa shape index (κ1) is 18.3. The SMILES string of the molecule is COc1cccc(C2=CC3(CCN(C(=O)Nc4ccccc4F)CC3)ON2)c1. The highest BCUT2D eigenvalue weighted by Gasteiger charge is 2.40. The van der Waals surface area contributed by atoms with Crippen molar-refractivity contribution in [1.82, 2.24) is 10.4 Å². The molecule has 0 aliphatic carbocycles. The van der Waals surface area contributed by atoms with Gasteiger partial charge in [-0.05, 0) is 30.3 Å². The molecule has 2 N–H and O–H groups in total. The van der Waals surface area contributed by atoms with Gasteiger partial charge in [-0.15, -0.1) is 0 Å². The van der Waals surface area contributed by atoms with E-state index < -0.39 is 11.4 Å². The number of urea groups is 1. The van der Waals surface area contributed by atoms with Gasteiger partial charge in [0.15, 0.2) is 0 Å². The average Bonchev–Trinajstić information content (AvgIpc) is 3.14. The highest BCUT2D eigenvalue weighted by molar-refractivity contribution is 5.89. The van der Waals surface area contributed by atoms with Gasteiger partial charge in [0, 0.05) is 31.5 Å². The first-order valence-corrected chi connectivity index (χ1v) is 9.20. The van der Waals surface area contributed by atoms with Crippen molar-refractivity contribution in [3.05, 3.63) is 66.0 Å². The zero-order chi connectivity index (χ0) is 19.6. The Labute approximate surface area is 162 Å². The van der Waals surface area contributed by atoms with Crippen LogP contribution in [0.3, 0.4) is 0 Å². The highest BCUT2D eigenvalue weighted by atomic mass is 19.1. The fourth-order valence-corrected chi connectivity index (χ4v) is 3.50. The third-order valence-corrected chi connectivity index (χ3v) is 5.16. The molecular formula is C21H22FN3O3. The standard InChI is InChI=1S/C21H22FN3O3/c1-27-16-6-4-5-15(13-16)19-14-21(28-24-19)9-11-25(12-10-21)20(26)23-18-8-3-2-7-17(18)22/h2-8,13-14,24H,9-12H2,1H3,(H,23,26). The van der Waals surface area contributed by atoms with Crippen LogP contribution in [0.25, 0.3) is 5.70 Å². The normalized spacial score (nSPS) is 17.8. The molecule has 2 aromatic rings. The zero-order valence-corrected chi connectivity index (χ0v) is 15.6. The van der Waals surface area contributed by atoms with Gasteiger partial charge in [-0.25, -0.2) is 9.18 Å². The van der Waals surface area contributed by atoms with Crippen LogP contribution < -0.4 is 15.5 Å². The van der Waals surface area contributed by atoms with Gasteiger partial charge in [-0.2, -0.15) is 0 Å². The minimum atomic E-state index is -0.451. The number of halogens is 1. The number of hydrogen-bond acceptors (Lipinski definition) is 4. The second kappa shape index (κ2) is 7.52. The van der Waals surface area contributed by atoms with E-state index in [4.69, 9.17) is 9.57 Å². The van der Waals surface area contributed by atoms with Crippen LogP contribution >= 0.6 is 0 Å². The van der Waals surface area contributed by atoms with Gasteiger partial charge in [0.1, 0.15) is 17.2 Å². The third-order valence-electron chi connectivity index (χ3n) is 5.16. The van der Waals surface area contributed by atoms with Gasteiger partial charge in [0.2, 0.25) is 0 Å². The molecule has 2 aliphatic rings. The zero-order valence-electron chi connectivity index (χ0n) is 15.6. The van der Waals surface area contributed by atoms with Crippen molar-refractivity contribution >= 4 is 17.4 Å². The fraction of sp³-hybridized carbons (Fsp3) is 0.286. The number of carbonyl (C=O) groups excluding carboxylic acids is 1. The molecule has 28 heavy (non-hydrogen) atoms. The number of ether oxygens (including phenoxy) is 1. The summed E-state index contributed by atoms with van der Waals surface area (Å²) in [5, 5.41) is 2.63. The molecule has 1 saturated heterocycles. The van der Waals surface area contributed by atoms with Gasteiger partial charge < -0.3 is 15.0 Å². The molecular weight excluding hydrogens is 361 g/mol. The quantitative estimate of drug-likeness (QED) is 0.847. The Balaban J connectivity index is 1.40. The predicted octanol–water partition coefficient (Wildman–Crippen LogP) is 3.78. The van der Waals surface area contributed by atoms with Crippen molar-refractivity contribution < 1.29 is 18.8 Å². The van der Waals surface area contributed by atoms with E-state index in [1.165, 1.54) is 6.07 Å². The first-order chi connectivity index (χ1) is 13.6. The average molecular weight is 383 g/mol. The molecule has 0 saturated carbocycles. The number of amides is 2. The van der Waals surface area contributed by atoms with Crippen molar-refractivity contribution in [3.8, 4) is 5.75 Å². The van der Waals surface area contributed by atoms with Crippen LogP contribution in [0, 0.1) is 5.82 Å². The summed E-state index contributed by atoms with van der Waals surface area (Å²) in [5.41, 5.74) is 4.62. The van der Waals surface area contributed by atoms with E-state index in [0.717, 1.165) is 17.0 Å². The van der Waals surface area contributed by atoms with E-state index in [-0.39, 0.29) is 11.7 Å². The summed E-state index contributed by atoms with van der Waals surface area (Å²) in [5.74, 6) is 0.333. The number of piperidine rings is 1. The smallest absolute Gasteiger partial charge is 0.321 e. The predicted molar refractivity (Wildman–Crippen MR) is 104 cm³/mol. The largest absolute Gasteiger partial charge is 0.497 e. The molecule has 1 fully saturated rings. The maximum atomic E-state index is 13.7. The van der Waals surface area contributed by atoms with Crippen LogP contribution in [-0.2, 0) is 4.84 Å². The van der Waals surface area contributed by atoms with E-state index in [1.54, 1.807) is 30.2 Å². The van der Waals surface area contributed by atoms with Gasteiger partial charge >= 0.3 is 6.03 Å². The van der Waals surface area contributed by atoms with Gasteiger partial charge in [-0.1, -0.05) is 24.3 Å². The summed E-state index contributed by atoms with van der Waals surface area (Å²) >= 11 is 0. The number of likely N-dealkylation sites (tertiary alicyclic amines) is 1. The summed E-state index contributed by atoms with van der Waals surface area (Å²) in [6, 6.07) is 13.6. The van der Waals surface area contributed by atoms with Crippen LogP contribution in [0.15, 0.2) is 54.6 Å². The lowest BCUT2D eigenvalue weighted by Gasteiger charge is -2.36. The lowest BCUT2D eigenvalue weighted by atomic mass is 9.90. The maximum Gasteiger partial charge on any atom is 0.321 e. The minimum Gasteiger partial charge on any atom is -0.497 e. The Morgan fingerprint density at radius 3 is 2.75 bits per heavy atom. The number of anilines is 1. The molecule has 4 rings (SSSR count). The molecule has 0 unspecified atom stereocenters. The number of nitrogens with zero attached hydrogens (tertiary/aromatic N) is 1. The second-order valence-electron chi connectivity index (χ2n) is 6.96. The molecule has 2 amide bonds. The van der Waals surface area contributed by atoms with Crippen LogP contribution in [0.4, 0.5) is 14.9 Å².